The van der Waals surface area contributed by atoms with E-state index in [0.29, 0.717) is 6.42 Å². The lowest BCUT2D eigenvalue weighted by Crippen LogP contribution is -2.50. The molecule has 13 heavy (non-hydrogen) atoms. The largest absolute Gasteiger partial charge is 0.469 e. The molecular formula is C9H18N2O2. The molecule has 1 saturated heterocycles. The van der Waals surface area contributed by atoms with Gasteiger partial charge in [-0.05, 0) is 33.0 Å². The summed E-state index contributed by atoms with van der Waals surface area (Å²) in [6, 6.07) is 0. The molecule has 1 heterocycles. The first-order valence-corrected chi connectivity index (χ1v) is 4.60. The highest BCUT2D eigenvalue weighted by Gasteiger charge is 2.31. The van der Waals surface area contributed by atoms with Gasteiger partial charge in [-0.25, -0.2) is 0 Å². The number of ether oxygens (including phenoxy) is 1. The average Bonchev–Trinajstić information content (AvgIpc) is 2.10. The third-order valence-corrected chi connectivity index (χ3v) is 2.71. The van der Waals surface area contributed by atoms with Crippen LogP contribution in [0.1, 0.15) is 19.3 Å². The van der Waals surface area contributed by atoms with Gasteiger partial charge in [-0.1, -0.05) is 0 Å². The minimum Gasteiger partial charge on any atom is -0.469 e. The summed E-state index contributed by atoms with van der Waals surface area (Å²) in [7, 11) is 3.47. The van der Waals surface area contributed by atoms with Gasteiger partial charge in [0.15, 0.2) is 0 Å². The summed E-state index contributed by atoms with van der Waals surface area (Å²) < 4.78 is 4.61. The molecule has 0 aromatic heterocycles. The Morgan fingerprint density at radius 3 is 2.54 bits per heavy atom. The fraction of sp³-hybridized carbons (Fsp3) is 0.889. The van der Waals surface area contributed by atoms with Crippen LogP contribution in [0.15, 0.2) is 0 Å². The number of hydrogen-bond donors (Lipinski definition) is 1. The first kappa shape index (κ1) is 10.5. The summed E-state index contributed by atoms with van der Waals surface area (Å²) in [5.41, 5.74) is 5.74. The van der Waals surface area contributed by atoms with Crippen LogP contribution in [0.2, 0.25) is 0 Å². The van der Waals surface area contributed by atoms with Crippen LogP contribution in [-0.2, 0) is 9.53 Å². The second-order valence-electron chi connectivity index (χ2n) is 3.92. The predicted octanol–water partition coefficient (Wildman–Crippen LogP) is -0.0274. The zero-order valence-electron chi connectivity index (χ0n) is 8.38. The van der Waals surface area contributed by atoms with Gasteiger partial charge in [0.1, 0.15) is 0 Å². The van der Waals surface area contributed by atoms with E-state index in [1.54, 1.807) is 0 Å². The maximum atomic E-state index is 11.1. The van der Waals surface area contributed by atoms with Crippen molar-refractivity contribution >= 4 is 5.97 Å². The Morgan fingerprint density at radius 1 is 1.54 bits per heavy atom. The minimum absolute atomic E-state index is 0.202. The van der Waals surface area contributed by atoms with Crippen LogP contribution < -0.4 is 5.73 Å². The average molecular weight is 186 g/mol. The van der Waals surface area contributed by atoms with Crippen molar-refractivity contribution in [1.29, 1.82) is 0 Å². The molecule has 4 nitrogen and oxygen atoms in total. The monoisotopic (exact) mass is 186 g/mol. The quantitative estimate of drug-likeness (QED) is 0.615. The Bertz CT molecular complexity index is 186. The molecule has 1 aliphatic rings. The topological polar surface area (TPSA) is 55.6 Å². The number of esters is 1. The van der Waals surface area contributed by atoms with E-state index in [2.05, 4.69) is 16.7 Å². The Hall–Kier alpha value is -0.610. The van der Waals surface area contributed by atoms with Crippen molar-refractivity contribution in [2.24, 2.45) is 5.73 Å². The SMILES string of the molecule is COC(=O)CC1(N)CCN(C)CC1. The maximum Gasteiger partial charge on any atom is 0.307 e. The second kappa shape index (κ2) is 4.07. The van der Waals surface area contributed by atoms with Crippen LogP contribution in [0, 0.1) is 0 Å². The third kappa shape index (κ3) is 2.97. The van der Waals surface area contributed by atoms with Gasteiger partial charge in [-0.2, -0.15) is 0 Å². The van der Waals surface area contributed by atoms with Gasteiger partial charge in [0.05, 0.1) is 13.5 Å². The minimum atomic E-state index is -0.334. The van der Waals surface area contributed by atoms with Crippen molar-refractivity contribution < 1.29 is 9.53 Å². The van der Waals surface area contributed by atoms with Crippen LogP contribution in [0.25, 0.3) is 0 Å². The number of piperidine rings is 1. The van der Waals surface area contributed by atoms with E-state index in [9.17, 15) is 4.79 Å². The van der Waals surface area contributed by atoms with E-state index in [4.69, 9.17) is 5.73 Å². The van der Waals surface area contributed by atoms with Crippen molar-refractivity contribution in [2.45, 2.75) is 24.8 Å². The van der Waals surface area contributed by atoms with E-state index in [-0.39, 0.29) is 11.5 Å². The molecule has 0 spiro atoms. The number of methoxy groups -OCH3 is 1. The fourth-order valence-electron chi connectivity index (χ4n) is 1.60. The highest BCUT2D eigenvalue weighted by atomic mass is 16.5. The molecule has 0 unspecified atom stereocenters. The van der Waals surface area contributed by atoms with E-state index in [1.807, 2.05) is 0 Å². The van der Waals surface area contributed by atoms with Crippen LogP contribution in [-0.4, -0.2) is 43.7 Å². The van der Waals surface area contributed by atoms with Crippen molar-refractivity contribution in [3.63, 3.8) is 0 Å². The van der Waals surface area contributed by atoms with Crippen molar-refractivity contribution in [1.82, 2.24) is 4.90 Å². The Labute approximate surface area is 79.0 Å². The first-order chi connectivity index (χ1) is 6.06. The van der Waals surface area contributed by atoms with Gasteiger partial charge in [-0.15, -0.1) is 0 Å². The normalized spacial score (nSPS) is 22.7. The molecule has 76 valence electrons. The molecular weight excluding hydrogens is 168 g/mol. The fourth-order valence-corrected chi connectivity index (χ4v) is 1.60. The molecule has 2 N–H and O–H groups in total. The maximum absolute atomic E-state index is 11.1. The lowest BCUT2D eigenvalue weighted by molar-refractivity contribution is -0.142. The summed E-state index contributed by atoms with van der Waals surface area (Å²) >= 11 is 0. The van der Waals surface area contributed by atoms with Crippen LogP contribution in [0.3, 0.4) is 0 Å². The van der Waals surface area contributed by atoms with Crippen molar-refractivity contribution in [3.8, 4) is 0 Å². The van der Waals surface area contributed by atoms with Crippen LogP contribution in [0.4, 0.5) is 0 Å². The van der Waals surface area contributed by atoms with Gasteiger partial charge in [0.2, 0.25) is 0 Å². The summed E-state index contributed by atoms with van der Waals surface area (Å²) in [6.07, 6.45) is 2.09. The summed E-state index contributed by atoms with van der Waals surface area (Å²) in [5, 5.41) is 0. The number of hydrogen-bond acceptors (Lipinski definition) is 4. The van der Waals surface area contributed by atoms with Crippen molar-refractivity contribution in [3.05, 3.63) is 0 Å². The molecule has 0 radical (unpaired) electrons. The number of carbonyl (C=O) groups is 1. The van der Waals surface area contributed by atoms with Crippen LogP contribution in [0.5, 0.6) is 0 Å². The molecule has 1 rings (SSSR count). The standard InChI is InChI=1S/C9H18N2O2/c1-11-5-3-9(10,4-6-11)7-8(12)13-2/h3-7,10H2,1-2H3. The lowest BCUT2D eigenvalue weighted by Gasteiger charge is -2.36. The first-order valence-electron chi connectivity index (χ1n) is 4.60. The number of nitrogens with two attached hydrogens (primary N) is 1. The van der Waals surface area contributed by atoms with Crippen molar-refractivity contribution in [2.75, 3.05) is 27.2 Å². The zero-order chi connectivity index (χ0) is 9.90. The number of rotatable bonds is 2. The Kier molecular flexibility index (Phi) is 3.27. The lowest BCUT2D eigenvalue weighted by atomic mass is 9.86. The summed E-state index contributed by atoms with van der Waals surface area (Å²) in [4.78, 5) is 13.3. The molecule has 0 saturated carbocycles. The third-order valence-electron chi connectivity index (χ3n) is 2.71. The molecule has 0 aromatic carbocycles. The van der Waals surface area contributed by atoms with Gasteiger partial charge < -0.3 is 15.4 Å². The molecule has 4 heteroatoms. The summed E-state index contributed by atoms with van der Waals surface area (Å²) in [6.45, 7) is 1.93. The second-order valence-corrected chi connectivity index (χ2v) is 3.92. The summed E-state index contributed by atoms with van der Waals surface area (Å²) in [5.74, 6) is -0.202. The molecule has 1 aliphatic heterocycles. The van der Waals surface area contributed by atoms with Gasteiger partial charge in [0, 0.05) is 5.54 Å². The van der Waals surface area contributed by atoms with Gasteiger partial charge >= 0.3 is 5.97 Å². The molecule has 0 atom stereocenters. The van der Waals surface area contributed by atoms with Gasteiger partial charge in [0.25, 0.3) is 0 Å². The van der Waals surface area contributed by atoms with Gasteiger partial charge in [-0.3, -0.25) is 4.79 Å². The molecule has 0 bridgehead atoms. The zero-order valence-corrected chi connectivity index (χ0v) is 8.38. The highest BCUT2D eigenvalue weighted by Crippen LogP contribution is 2.22. The molecule has 1 fully saturated rings. The molecule has 0 aliphatic carbocycles. The van der Waals surface area contributed by atoms with Crippen LogP contribution >= 0.6 is 0 Å². The predicted molar refractivity (Wildman–Crippen MR) is 50.3 cm³/mol. The van der Waals surface area contributed by atoms with E-state index in [0.717, 1.165) is 25.9 Å². The number of likely N-dealkylation sites (tertiary alicyclic amines) is 1. The highest BCUT2D eigenvalue weighted by molar-refractivity contribution is 5.70. The van der Waals surface area contributed by atoms with E-state index < -0.39 is 0 Å². The Balaban J connectivity index is 2.43. The molecule has 0 aromatic rings. The molecule has 0 amide bonds. The smallest absolute Gasteiger partial charge is 0.307 e. The number of carbonyl (C=O) groups excluding carboxylic acids is 1. The van der Waals surface area contributed by atoms with E-state index >= 15 is 0 Å². The Morgan fingerprint density at radius 2 is 2.08 bits per heavy atom. The van der Waals surface area contributed by atoms with E-state index in [1.165, 1.54) is 7.11 Å². The number of nitrogens with zero attached hydrogens (tertiary/aromatic N) is 1.